The fraction of sp³-hybridized carbons (Fsp3) is 0. The van der Waals surface area contributed by atoms with Crippen LogP contribution in [0.2, 0.25) is 0 Å². The first-order valence-electron chi connectivity index (χ1n) is 4.79. The van der Waals surface area contributed by atoms with Gasteiger partial charge in [0.2, 0.25) is 0 Å². The minimum absolute atomic E-state index is 0.0598. The van der Waals surface area contributed by atoms with Gasteiger partial charge in [0.25, 0.3) is 0 Å². The Hall–Kier alpha value is -2.29. The van der Waals surface area contributed by atoms with Gasteiger partial charge in [-0.1, -0.05) is 12.1 Å². The van der Waals surface area contributed by atoms with Gasteiger partial charge in [-0.2, -0.15) is 0 Å². The average molecular weight is 214 g/mol. The molecule has 2 N–H and O–H groups in total. The molecule has 0 heterocycles. The quantitative estimate of drug-likeness (QED) is 0.754. The van der Waals surface area contributed by atoms with E-state index in [0.29, 0.717) is 11.1 Å². The van der Waals surface area contributed by atoms with Crippen LogP contribution in [0.5, 0.6) is 11.5 Å². The largest absolute Gasteiger partial charge is 0.508 e. The van der Waals surface area contributed by atoms with E-state index < -0.39 is 0 Å². The maximum Gasteiger partial charge on any atom is 0.193 e. The van der Waals surface area contributed by atoms with Gasteiger partial charge in [-0.3, -0.25) is 4.79 Å². The Balaban J connectivity index is 2.35. The van der Waals surface area contributed by atoms with Crippen LogP contribution < -0.4 is 0 Å². The van der Waals surface area contributed by atoms with Crippen LogP contribution in [-0.4, -0.2) is 16.0 Å². The van der Waals surface area contributed by atoms with E-state index in [4.69, 9.17) is 5.11 Å². The smallest absolute Gasteiger partial charge is 0.193 e. The summed E-state index contributed by atoms with van der Waals surface area (Å²) in [6, 6.07) is 12.2. The summed E-state index contributed by atoms with van der Waals surface area (Å²) < 4.78 is 0. The molecule has 0 saturated carbocycles. The van der Waals surface area contributed by atoms with Crippen LogP contribution in [0.4, 0.5) is 0 Å². The number of carbonyl (C=O) groups is 1. The van der Waals surface area contributed by atoms with E-state index in [1.165, 1.54) is 24.3 Å². The first kappa shape index (κ1) is 10.2. The summed E-state index contributed by atoms with van der Waals surface area (Å²) in [5.74, 6) is -0.00649. The average Bonchev–Trinajstić information content (AvgIpc) is 2.29. The maximum atomic E-state index is 11.9. The Morgan fingerprint density at radius 3 is 2.12 bits per heavy atom. The molecule has 3 nitrogen and oxygen atoms in total. The maximum absolute atomic E-state index is 11.9. The van der Waals surface area contributed by atoms with Gasteiger partial charge in [-0.15, -0.1) is 0 Å². The van der Waals surface area contributed by atoms with Crippen LogP contribution in [0.3, 0.4) is 0 Å². The number of phenolic OH excluding ortho intramolecular Hbond substituents is 2. The number of hydrogen-bond donors (Lipinski definition) is 2. The lowest BCUT2D eigenvalue weighted by atomic mass is 10.0. The SMILES string of the molecule is O=C(c1ccc(O)cc1)c1cccc(O)c1. The van der Waals surface area contributed by atoms with Crippen LogP contribution >= 0.6 is 0 Å². The summed E-state index contributed by atoms with van der Waals surface area (Å²) >= 11 is 0. The Kier molecular flexibility index (Phi) is 2.60. The number of ketones is 1. The van der Waals surface area contributed by atoms with Gasteiger partial charge in [-0.25, -0.2) is 0 Å². The number of benzene rings is 2. The van der Waals surface area contributed by atoms with Crippen molar-refractivity contribution in [2.45, 2.75) is 0 Å². The molecule has 0 aliphatic carbocycles. The first-order valence-corrected chi connectivity index (χ1v) is 4.79. The Morgan fingerprint density at radius 2 is 1.50 bits per heavy atom. The monoisotopic (exact) mass is 214 g/mol. The van der Waals surface area contributed by atoms with Crippen molar-refractivity contribution in [3.05, 3.63) is 59.7 Å². The van der Waals surface area contributed by atoms with Gasteiger partial charge < -0.3 is 10.2 Å². The van der Waals surface area contributed by atoms with Crippen LogP contribution in [0, 0.1) is 0 Å². The van der Waals surface area contributed by atoms with Crippen molar-refractivity contribution in [1.29, 1.82) is 0 Å². The molecule has 2 rings (SSSR count). The molecule has 0 saturated heterocycles. The molecule has 0 amide bonds. The third kappa shape index (κ3) is 2.03. The highest BCUT2D eigenvalue weighted by molar-refractivity contribution is 6.09. The number of carbonyl (C=O) groups excluding carboxylic acids is 1. The Bertz CT molecular complexity index is 515. The second-order valence-electron chi connectivity index (χ2n) is 3.43. The molecule has 2 aromatic carbocycles. The molecule has 0 unspecified atom stereocenters. The summed E-state index contributed by atoms with van der Waals surface area (Å²) in [5.41, 5.74) is 0.897. The van der Waals surface area contributed by atoms with Gasteiger partial charge in [0.1, 0.15) is 11.5 Å². The minimum atomic E-state index is -0.184. The highest BCUT2D eigenvalue weighted by Crippen LogP contribution is 2.17. The van der Waals surface area contributed by atoms with Crippen molar-refractivity contribution in [2.75, 3.05) is 0 Å². The third-order valence-corrected chi connectivity index (χ3v) is 2.24. The molecule has 16 heavy (non-hydrogen) atoms. The van der Waals surface area contributed by atoms with Crippen molar-refractivity contribution in [2.24, 2.45) is 0 Å². The second-order valence-corrected chi connectivity index (χ2v) is 3.43. The standard InChI is InChI=1S/C13H10O3/c14-11-6-4-9(5-7-11)13(16)10-2-1-3-12(15)8-10/h1-8,14-15H. The molecule has 2 aromatic rings. The summed E-state index contributed by atoms with van der Waals surface area (Å²) in [7, 11) is 0. The molecule has 0 bridgehead atoms. The van der Waals surface area contributed by atoms with Crippen LogP contribution in [-0.2, 0) is 0 Å². The Labute approximate surface area is 92.6 Å². The molecule has 0 fully saturated rings. The molecule has 0 radical (unpaired) electrons. The van der Waals surface area contributed by atoms with Crippen molar-refractivity contribution in [3.8, 4) is 11.5 Å². The molecule has 0 aliphatic heterocycles. The molecule has 3 heteroatoms. The topological polar surface area (TPSA) is 57.5 Å². The van der Waals surface area contributed by atoms with E-state index in [-0.39, 0.29) is 17.3 Å². The van der Waals surface area contributed by atoms with E-state index in [1.807, 2.05) is 0 Å². The molecular weight excluding hydrogens is 204 g/mol. The molecule has 0 aromatic heterocycles. The minimum Gasteiger partial charge on any atom is -0.508 e. The fourth-order valence-corrected chi connectivity index (χ4v) is 1.43. The highest BCUT2D eigenvalue weighted by Gasteiger charge is 2.08. The van der Waals surface area contributed by atoms with E-state index in [9.17, 15) is 9.90 Å². The van der Waals surface area contributed by atoms with Gasteiger partial charge in [0, 0.05) is 11.1 Å². The predicted molar refractivity (Wildman–Crippen MR) is 59.6 cm³/mol. The lowest BCUT2D eigenvalue weighted by Crippen LogP contribution is -2.00. The number of phenols is 2. The molecular formula is C13H10O3. The van der Waals surface area contributed by atoms with Gasteiger partial charge >= 0.3 is 0 Å². The lowest BCUT2D eigenvalue weighted by molar-refractivity contribution is 0.103. The summed E-state index contributed by atoms with van der Waals surface area (Å²) in [5, 5.41) is 18.4. The van der Waals surface area contributed by atoms with Crippen molar-refractivity contribution >= 4 is 5.78 Å². The van der Waals surface area contributed by atoms with Gasteiger partial charge in [-0.05, 0) is 36.4 Å². The third-order valence-electron chi connectivity index (χ3n) is 2.24. The number of rotatable bonds is 2. The van der Waals surface area contributed by atoms with Crippen LogP contribution in [0.15, 0.2) is 48.5 Å². The zero-order valence-corrected chi connectivity index (χ0v) is 8.42. The molecule has 0 atom stereocenters. The van der Waals surface area contributed by atoms with E-state index >= 15 is 0 Å². The zero-order valence-electron chi connectivity index (χ0n) is 8.42. The fourth-order valence-electron chi connectivity index (χ4n) is 1.43. The molecule has 80 valence electrons. The van der Waals surface area contributed by atoms with E-state index in [1.54, 1.807) is 24.3 Å². The number of aromatic hydroxyl groups is 2. The van der Waals surface area contributed by atoms with E-state index in [0.717, 1.165) is 0 Å². The second kappa shape index (κ2) is 4.06. The Morgan fingerprint density at radius 1 is 0.812 bits per heavy atom. The summed E-state index contributed by atoms with van der Waals surface area (Å²) in [6.07, 6.45) is 0. The zero-order chi connectivity index (χ0) is 11.5. The van der Waals surface area contributed by atoms with Gasteiger partial charge in [0.15, 0.2) is 5.78 Å². The van der Waals surface area contributed by atoms with Gasteiger partial charge in [0.05, 0.1) is 0 Å². The van der Waals surface area contributed by atoms with Crippen molar-refractivity contribution in [1.82, 2.24) is 0 Å². The summed E-state index contributed by atoms with van der Waals surface area (Å²) in [4.78, 5) is 11.9. The molecule has 0 spiro atoms. The van der Waals surface area contributed by atoms with Crippen molar-refractivity contribution in [3.63, 3.8) is 0 Å². The molecule has 0 aliphatic rings. The summed E-state index contributed by atoms with van der Waals surface area (Å²) in [6.45, 7) is 0. The predicted octanol–water partition coefficient (Wildman–Crippen LogP) is 2.33. The highest BCUT2D eigenvalue weighted by atomic mass is 16.3. The lowest BCUT2D eigenvalue weighted by Gasteiger charge is -2.01. The van der Waals surface area contributed by atoms with Crippen molar-refractivity contribution < 1.29 is 15.0 Å². The number of hydrogen-bond acceptors (Lipinski definition) is 3. The van der Waals surface area contributed by atoms with E-state index in [2.05, 4.69) is 0 Å². The normalized spacial score (nSPS) is 10.0. The van der Waals surface area contributed by atoms with Crippen LogP contribution in [0.1, 0.15) is 15.9 Å². The van der Waals surface area contributed by atoms with Crippen LogP contribution in [0.25, 0.3) is 0 Å². The first-order chi connectivity index (χ1) is 7.66.